The molecule has 1 aliphatic rings. The van der Waals surface area contributed by atoms with Crippen molar-refractivity contribution in [3.05, 3.63) is 35.1 Å². The predicted octanol–water partition coefficient (Wildman–Crippen LogP) is 2.39. The van der Waals surface area contributed by atoms with Crippen LogP contribution in [0.4, 0.5) is 13.2 Å². The zero-order valence-electron chi connectivity index (χ0n) is 13.2. The molecule has 1 heterocycles. The summed E-state index contributed by atoms with van der Waals surface area (Å²) >= 11 is 0. The van der Waals surface area contributed by atoms with Gasteiger partial charge in [-0.25, -0.2) is 13.2 Å². The summed E-state index contributed by atoms with van der Waals surface area (Å²) < 4.78 is 45.3. The van der Waals surface area contributed by atoms with E-state index in [4.69, 9.17) is 4.74 Å². The van der Waals surface area contributed by atoms with Gasteiger partial charge in [0.25, 0.3) is 0 Å². The van der Waals surface area contributed by atoms with Crippen LogP contribution in [0.2, 0.25) is 0 Å². The first-order chi connectivity index (χ1) is 11.0. The summed E-state index contributed by atoms with van der Waals surface area (Å²) in [6.07, 6.45) is 0.650. The van der Waals surface area contributed by atoms with Crippen LogP contribution >= 0.6 is 0 Å². The van der Waals surface area contributed by atoms with Gasteiger partial charge in [-0.05, 0) is 37.6 Å². The molecule has 0 saturated carbocycles. The van der Waals surface area contributed by atoms with E-state index in [2.05, 4.69) is 5.32 Å². The smallest absolute Gasteiger partial charge is 0.246 e. The zero-order valence-corrected chi connectivity index (χ0v) is 13.2. The van der Waals surface area contributed by atoms with Crippen molar-refractivity contribution in [1.29, 1.82) is 0 Å². The number of hydrogen-bond acceptors (Lipinski definition) is 3. The van der Waals surface area contributed by atoms with Crippen molar-refractivity contribution in [2.75, 3.05) is 26.3 Å². The van der Waals surface area contributed by atoms with Crippen LogP contribution in [0.5, 0.6) is 0 Å². The van der Waals surface area contributed by atoms with Crippen molar-refractivity contribution in [3.8, 4) is 0 Å². The first-order valence-corrected chi connectivity index (χ1v) is 7.73. The normalized spacial score (nSPS) is 21.6. The van der Waals surface area contributed by atoms with Gasteiger partial charge < -0.3 is 10.1 Å². The van der Waals surface area contributed by atoms with Crippen LogP contribution in [0.1, 0.15) is 31.9 Å². The second kappa shape index (κ2) is 7.79. The van der Waals surface area contributed by atoms with Crippen molar-refractivity contribution < 1.29 is 22.7 Å². The van der Waals surface area contributed by atoms with E-state index in [9.17, 15) is 18.0 Å². The highest BCUT2D eigenvalue weighted by atomic mass is 19.2. The number of benzene rings is 1. The van der Waals surface area contributed by atoms with Crippen molar-refractivity contribution in [2.45, 2.75) is 32.4 Å². The van der Waals surface area contributed by atoms with Gasteiger partial charge in [0.2, 0.25) is 5.91 Å². The molecular weight excluding hydrogens is 309 g/mol. The lowest BCUT2D eigenvalue weighted by atomic mass is 9.99. The van der Waals surface area contributed by atoms with Gasteiger partial charge in [0.05, 0.1) is 6.04 Å². The Hall–Kier alpha value is -1.60. The second-order valence-electron chi connectivity index (χ2n) is 5.47. The Labute approximate surface area is 133 Å². The molecule has 0 unspecified atom stereocenters. The fraction of sp³-hybridized carbons (Fsp3) is 0.562. The molecule has 0 spiro atoms. The Morgan fingerprint density at radius 2 is 1.96 bits per heavy atom. The van der Waals surface area contributed by atoms with E-state index >= 15 is 0 Å². The first kappa shape index (κ1) is 17.7. The van der Waals surface area contributed by atoms with E-state index in [1.807, 2.05) is 11.8 Å². The number of likely N-dealkylation sites (tertiary alicyclic amines) is 1. The number of nitrogens with zero attached hydrogens (tertiary/aromatic N) is 1. The van der Waals surface area contributed by atoms with Crippen molar-refractivity contribution >= 4 is 5.91 Å². The summed E-state index contributed by atoms with van der Waals surface area (Å²) in [5.41, 5.74) is 0.322. The standard InChI is InChI=1S/C16H21F3N2O2/c1-3-21-6-5-13(20-14(22)9-23-4-2)16(21)10-7-11(17)15(19)12(18)8-10/h7-8,13,16H,3-6,9H2,1-2H3,(H,20,22)/t13-,16+/m0/s1. The largest absolute Gasteiger partial charge is 0.372 e. The van der Waals surface area contributed by atoms with Gasteiger partial charge in [0, 0.05) is 19.2 Å². The van der Waals surface area contributed by atoms with Crippen LogP contribution < -0.4 is 5.32 Å². The molecule has 1 amide bonds. The average molecular weight is 330 g/mol. The maximum atomic E-state index is 13.5. The topological polar surface area (TPSA) is 41.6 Å². The molecule has 1 aliphatic heterocycles. The molecule has 2 atom stereocenters. The lowest BCUT2D eigenvalue weighted by molar-refractivity contribution is -0.126. The molecule has 7 heteroatoms. The molecule has 1 N–H and O–H groups in total. The third kappa shape index (κ3) is 4.03. The molecular formula is C16H21F3N2O2. The average Bonchev–Trinajstić information content (AvgIpc) is 2.92. The van der Waals surface area contributed by atoms with Gasteiger partial charge >= 0.3 is 0 Å². The molecule has 1 saturated heterocycles. The summed E-state index contributed by atoms with van der Waals surface area (Å²) in [5.74, 6) is -4.20. The fourth-order valence-electron chi connectivity index (χ4n) is 2.99. The van der Waals surface area contributed by atoms with Crippen molar-refractivity contribution in [1.82, 2.24) is 10.2 Å². The maximum Gasteiger partial charge on any atom is 0.246 e. The lowest BCUT2D eigenvalue weighted by Gasteiger charge is -2.28. The first-order valence-electron chi connectivity index (χ1n) is 7.73. The molecule has 0 aliphatic carbocycles. The monoisotopic (exact) mass is 330 g/mol. The molecule has 0 bridgehead atoms. The number of ether oxygens (including phenoxy) is 1. The molecule has 128 valence electrons. The van der Waals surface area contributed by atoms with E-state index in [0.717, 1.165) is 12.1 Å². The summed E-state index contributed by atoms with van der Waals surface area (Å²) in [7, 11) is 0. The van der Waals surface area contributed by atoms with Gasteiger partial charge in [0.1, 0.15) is 6.61 Å². The minimum atomic E-state index is -1.48. The van der Waals surface area contributed by atoms with Gasteiger partial charge in [-0.2, -0.15) is 0 Å². The quantitative estimate of drug-likeness (QED) is 0.815. The van der Waals surface area contributed by atoms with E-state index < -0.39 is 23.5 Å². The number of halogens is 3. The molecule has 0 radical (unpaired) electrons. The van der Waals surface area contributed by atoms with Crippen LogP contribution in [0.15, 0.2) is 12.1 Å². The Morgan fingerprint density at radius 1 is 1.30 bits per heavy atom. The van der Waals surface area contributed by atoms with Crippen molar-refractivity contribution in [2.24, 2.45) is 0 Å². The van der Waals surface area contributed by atoms with Crippen molar-refractivity contribution in [3.63, 3.8) is 0 Å². The molecule has 23 heavy (non-hydrogen) atoms. The van der Waals surface area contributed by atoms with Gasteiger partial charge in [-0.3, -0.25) is 9.69 Å². The van der Waals surface area contributed by atoms with E-state index in [-0.39, 0.29) is 18.6 Å². The number of carbonyl (C=O) groups is 1. The van der Waals surface area contributed by atoms with Gasteiger partial charge in [0.15, 0.2) is 17.5 Å². The van der Waals surface area contributed by atoms with Crippen LogP contribution in [-0.2, 0) is 9.53 Å². The Balaban J connectivity index is 2.22. The van der Waals surface area contributed by atoms with E-state index in [1.54, 1.807) is 6.92 Å². The van der Waals surface area contributed by atoms with Crippen LogP contribution in [0, 0.1) is 17.5 Å². The number of amides is 1. The minimum absolute atomic E-state index is 0.0576. The fourth-order valence-corrected chi connectivity index (χ4v) is 2.99. The highest BCUT2D eigenvalue weighted by Gasteiger charge is 2.36. The summed E-state index contributed by atoms with van der Waals surface area (Å²) in [5, 5.41) is 2.84. The molecule has 1 fully saturated rings. The number of hydrogen-bond donors (Lipinski definition) is 1. The molecule has 4 nitrogen and oxygen atoms in total. The highest BCUT2D eigenvalue weighted by Crippen LogP contribution is 2.33. The number of likely N-dealkylation sites (N-methyl/N-ethyl adjacent to an activating group) is 1. The highest BCUT2D eigenvalue weighted by molar-refractivity contribution is 5.77. The summed E-state index contributed by atoms with van der Waals surface area (Å²) in [6, 6.07) is 1.31. The van der Waals surface area contributed by atoms with Crippen LogP contribution in [0.3, 0.4) is 0 Å². The molecule has 1 aromatic rings. The zero-order chi connectivity index (χ0) is 17.0. The summed E-state index contributed by atoms with van der Waals surface area (Å²) in [4.78, 5) is 13.9. The molecule has 2 rings (SSSR count). The van der Waals surface area contributed by atoms with E-state index in [1.165, 1.54) is 0 Å². The maximum absolute atomic E-state index is 13.5. The van der Waals surface area contributed by atoms with Gasteiger partial charge in [-0.1, -0.05) is 6.92 Å². The van der Waals surface area contributed by atoms with E-state index in [0.29, 0.717) is 31.7 Å². The van der Waals surface area contributed by atoms with Crippen LogP contribution in [-0.4, -0.2) is 43.2 Å². The number of nitrogens with one attached hydrogen (secondary N) is 1. The molecule has 1 aromatic carbocycles. The molecule has 0 aromatic heterocycles. The summed E-state index contributed by atoms with van der Waals surface area (Å²) in [6.45, 7) is 5.42. The Morgan fingerprint density at radius 3 is 2.52 bits per heavy atom. The SMILES string of the molecule is CCOCC(=O)N[C@H]1CCN(CC)[C@@H]1c1cc(F)c(F)c(F)c1. The minimum Gasteiger partial charge on any atom is -0.372 e. The Kier molecular flexibility index (Phi) is 6.01. The Bertz CT molecular complexity index is 545. The van der Waals surface area contributed by atoms with Gasteiger partial charge in [-0.15, -0.1) is 0 Å². The lowest BCUT2D eigenvalue weighted by Crippen LogP contribution is -2.41. The second-order valence-corrected chi connectivity index (χ2v) is 5.47. The number of carbonyl (C=O) groups excluding carboxylic acids is 1. The third-order valence-corrected chi connectivity index (χ3v) is 4.04. The predicted molar refractivity (Wildman–Crippen MR) is 79.3 cm³/mol. The number of rotatable bonds is 6. The van der Waals surface area contributed by atoms with Crippen LogP contribution in [0.25, 0.3) is 0 Å². The third-order valence-electron chi connectivity index (χ3n) is 4.04.